The van der Waals surface area contributed by atoms with Gasteiger partial charge in [0.2, 0.25) is 0 Å². The molecule has 0 atom stereocenters. The zero-order chi connectivity index (χ0) is 16.9. The van der Waals surface area contributed by atoms with Crippen LogP contribution in [-0.4, -0.2) is 66.7 Å². The van der Waals surface area contributed by atoms with Gasteiger partial charge in [0.1, 0.15) is 17.1 Å². The third kappa shape index (κ3) is 3.45. The maximum atomic E-state index is 5.49. The molecule has 1 aromatic heterocycles. The summed E-state index contributed by atoms with van der Waals surface area (Å²) in [7, 11) is 3.27. The predicted octanol–water partition coefficient (Wildman–Crippen LogP) is 1.96. The lowest BCUT2D eigenvalue weighted by molar-refractivity contribution is 0.0364. The summed E-state index contributed by atoms with van der Waals surface area (Å²) in [6, 6.07) is 5.67. The van der Waals surface area contributed by atoms with Crippen molar-refractivity contribution in [2.75, 3.05) is 47.1 Å². The van der Waals surface area contributed by atoms with E-state index in [-0.39, 0.29) is 0 Å². The van der Waals surface area contributed by atoms with E-state index in [9.17, 15) is 0 Å². The molecule has 130 valence electrons. The molecule has 8 heteroatoms. The summed E-state index contributed by atoms with van der Waals surface area (Å²) in [6.07, 6.45) is 0. The van der Waals surface area contributed by atoms with Gasteiger partial charge in [-0.1, -0.05) is 6.07 Å². The second kappa shape index (κ2) is 7.78. The number of H-pyrrole nitrogens is 1. The number of benzene rings is 1. The summed E-state index contributed by atoms with van der Waals surface area (Å²) in [5.74, 6) is 2.13. The number of aromatic amines is 1. The highest BCUT2D eigenvalue weighted by atomic mass is 32.1. The lowest BCUT2D eigenvalue weighted by Crippen LogP contribution is -2.38. The molecule has 0 saturated carbocycles. The van der Waals surface area contributed by atoms with Gasteiger partial charge in [0, 0.05) is 26.2 Å². The van der Waals surface area contributed by atoms with Crippen LogP contribution >= 0.6 is 12.2 Å². The second-order valence-corrected chi connectivity index (χ2v) is 5.88. The minimum Gasteiger partial charge on any atom is -0.496 e. The fourth-order valence-corrected chi connectivity index (χ4v) is 3.08. The molecular weight excluding hydrogens is 328 g/mol. The molecule has 1 aromatic carbocycles. The van der Waals surface area contributed by atoms with Gasteiger partial charge >= 0.3 is 0 Å². The molecule has 3 rings (SSSR count). The van der Waals surface area contributed by atoms with Crippen LogP contribution in [0.15, 0.2) is 18.2 Å². The van der Waals surface area contributed by atoms with E-state index in [0.29, 0.717) is 16.3 Å². The zero-order valence-electron chi connectivity index (χ0n) is 13.9. The lowest BCUT2D eigenvalue weighted by atomic mass is 10.1. The minimum absolute atomic E-state index is 0.589. The first-order valence-electron chi connectivity index (χ1n) is 7.91. The molecule has 0 spiro atoms. The third-order valence-electron chi connectivity index (χ3n) is 4.15. The summed E-state index contributed by atoms with van der Waals surface area (Å²) >= 11 is 5.42. The molecule has 1 saturated heterocycles. The molecule has 1 N–H and O–H groups in total. The van der Waals surface area contributed by atoms with Gasteiger partial charge < -0.3 is 14.2 Å². The van der Waals surface area contributed by atoms with E-state index in [4.69, 9.17) is 26.4 Å². The first-order chi connectivity index (χ1) is 11.7. The van der Waals surface area contributed by atoms with Gasteiger partial charge in [-0.3, -0.25) is 14.6 Å². The number of ether oxygens (including phenoxy) is 3. The van der Waals surface area contributed by atoms with Crippen molar-refractivity contribution in [3.8, 4) is 22.9 Å². The Bertz CT molecular complexity index is 715. The summed E-state index contributed by atoms with van der Waals surface area (Å²) in [5.41, 5.74) is 0.803. The van der Waals surface area contributed by atoms with Gasteiger partial charge in [-0.25, -0.2) is 0 Å². The molecule has 0 aliphatic carbocycles. The molecule has 1 aliphatic rings. The minimum atomic E-state index is 0.589. The van der Waals surface area contributed by atoms with Gasteiger partial charge in [0.15, 0.2) is 10.6 Å². The summed E-state index contributed by atoms with van der Waals surface area (Å²) in [6.45, 7) is 5.08. The van der Waals surface area contributed by atoms with Crippen molar-refractivity contribution in [3.05, 3.63) is 23.0 Å². The Balaban J connectivity index is 1.91. The smallest absolute Gasteiger partial charge is 0.195 e. The Morgan fingerprint density at radius 3 is 2.46 bits per heavy atom. The number of methoxy groups -OCH3 is 2. The predicted molar refractivity (Wildman–Crippen MR) is 93.2 cm³/mol. The van der Waals surface area contributed by atoms with Gasteiger partial charge in [-0.2, -0.15) is 5.10 Å². The Morgan fingerprint density at radius 1 is 1.17 bits per heavy atom. The highest BCUT2D eigenvalue weighted by Gasteiger charge is 2.19. The number of aromatic nitrogens is 3. The molecule has 0 bridgehead atoms. The highest BCUT2D eigenvalue weighted by Crippen LogP contribution is 2.37. The topological polar surface area (TPSA) is 64.5 Å². The number of nitrogens with zero attached hydrogens (tertiary/aromatic N) is 3. The van der Waals surface area contributed by atoms with Crippen molar-refractivity contribution in [3.63, 3.8) is 0 Å². The highest BCUT2D eigenvalue weighted by molar-refractivity contribution is 7.71. The summed E-state index contributed by atoms with van der Waals surface area (Å²) < 4.78 is 19.0. The third-order valence-corrected chi connectivity index (χ3v) is 4.46. The Kier molecular flexibility index (Phi) is 5.49. The Morgan fingerprint density at radius 2 is 1.83 bits per heavy atom. The van der Waals surface area contributed by atoms with Crippen molar-refractivity contribution in [2.45, 2.75) is 6.54 Å². The second-order valence-electron chi connectivity index (χ2n) is 5.50. The van der Waals surface area contributed by atoms with Crippen molar-refractivity contribution in [1.82, 2.24) is 19.7 Å². The molecule has 1 fully saturated rings. The number of rotatable bonds is 6. The van der Waals surface area contributed by atoms with Crippen molar-refractivity contribution >= 4 is 12.2 Å². The van der Waals surface area contributed by atoms with Gasteiger partial charge in [-0.15, -0.1) is 0 Å². The first kappa shape index (κ1) is 16.9. The zero-order valence-corrected chi connectivity index (χ0v) is 14.8. The molecule has 24 heavy (non-hydrogen) atoms. The molecule has 2 aromatic rings. The molecule has 0 amide bonds. The van der Waals surface area contributed by atoms with Crippen LogP contribution in [-0.2, 0) is 11.3 Å². The van der Waals surface area contributed by atoms with Crippen LogP contribution in [0.4, 0.5) is 0 Å². The SMILES string of the molecule is COc1cccc(OC)c1-c1n[nH]c(=S)n1CCN1CCOCC1. The van der Waals surface area contributed by atoms with Crippen LogP contribution < -0.4 is 9.47 Å². The van der Waals surface area contributed by atoms with Crippen LogP contribution in [0, 0.1) is 4.77 Å². The van der Waals surface area contributed by atoms with Gasteiger partial charge in [0.05, 0.1) is 27.4 Å². The van der Waals surface area contributed by atoms with Gasteiger partial charge in [-0.05, 0) is 24.4 Å². The molecule has 2 heterocycles. The van der Waals surface area contributed by atoms with Crippen molar-refractivity contribution < 1.29 is 14.2 Å². The maximum absolute atomic E-state index is 5.49. The molecule has 1 aliphatic heterocycles. The van der Waals surface area contributed by atoms with Crippen LogP contribution in [0.1, 0.15) is 0 Å². The number of nitrogens with one attached hydrogen (secondary N) is 1. The largest absolute Gasteiger partial charge is 0.496 e. The molecule has 7 nitrogen and oxygen atoms in total. The van der Waals surface area contributed by atoms with Crippen LogP contribution in [0.2, 0.25) is 0 Å². The molecule has 0 radical (unpaired) electrons. The monoisotopic (exact) mass is 350 g/mol. The quantitative estimate of drug-likeness (QED) is 0.804. The lowest BCUT2D eigenvalue weighted by Gasteiger charge is -2.26. The maximum Gasteiger partial charge on any atom is 0.195 e. The normalized spacial score (nSPS) is 15.4. The van der Waals surface area contributed by atoms with E-state index in [1.807, 2.05) is 22.8 Å². The van der Waals surface area contributed by atoms with Gasteiger partial charge in [0.25, 0.3) is 0 Å². The van der Waals surface area contributed by atoms with E-state index in [1.54, 1.807) is 14.2 Å². The average Bonchev–Trinajstić information content (AvgIpc) is 3.00. The standard InChI is InChI=1S/C16H22N4O3S/c1-21-12-4-3-5-13(22-2)14(12)15-17-18-16(24)20(15)7-6-19-8-10-23-11-9-19/h3-5H,6-11H2,1-2H3,(H,18,24). The fourth-order valence-electron chi connectivity index (χ4n) is 2.85. The number of hydrogen-bond donors (Lipinski definition) is 1. The average molecular weight is 350 g/mol. The van der Waals surface area contributed by atoms with Crippen LogP contribution in [0.3, 0.4) is 0 Å². The fraction of sp³-hybridized carbons (Fsp3) is 0.500. The van der Waals surface area contributed by atoms with E-state index in [1.165, 1.54) is 0 Å². The van der Waals surface area contributed by atoms with Crippen molar-refractivity contribution in [1.29, 1.82) is 0 Å². The van der Waals surface area contributed by atoms with E-state index in [0.717, 1.165) is 50.8 Å². The van der Waals surface area contributed by atoms with E-state index < -0.39 is 0 Å². The number of hydrogen-bond acceptors (Lipinski definition) is 6. The summed E-state index contributed by atoms with van der Waals surface area (Å²) in [4.78, 5) is 2.36. The van der Waals surface area contributed by atoms with Crippen molar-refractivity contribution in [2.24, 2.45) is 0 Å². The van der Waals surface area contributed by atoms with Crippen LogP contribution in [0.25, 0.3) is 11.4 Å². The Labute approximate surface area is 146 Å². The molecular formula is C16H22N4O3S. The van der Waals surface area contributed by atoms with E-state index in [2.05, 4.69) is 15.1 Å². The molecule has 0 unspecified atom stereocenters. The van der Waals surface area contributed by atoms with Crippen LogP contribution in [0.5, 0.6) is 11.5 Å². The van der Waals surface area contributed by atoms with E-state index >= 15 is 0 Å². The first-order valence-corrected chi connectivity index (χ1v) is 8.32. The summed E-state index contributed by atoms with van der Waals surface area (Å²) in [5, 5.41) is 7.30. The Hall–Kier alpha value is -1.90. The number of morpholine rings is 1.